The molecule has 0 unspecified atom stereocenters. The zero-order valence-corrected chi connectivity index (χ0v) is 17.7. The highest BCUT2D eigenvalue weighted by atomic mass is 32.2. The number of aryl methyl sites for hydroxylation is 2. The number of allylic oxidation sites excluding steroid dienone is 1. The number of thiophene rings is 1. The quantitative estimate of drug-likeness (QED) is 0.347. The van der Waals surface area contributed by atoms with Gasteiger partial charge >= 0.3 is 0 Å². The predicted octanol–water partition coefficient (Wildman–Crippen LogP) is 3.71. The van der Waals surface area contributed by atoms with Crippen LogP contribution >= 0.6 is 23.1 Å². The van der Waals surface area contributed by atoms with Crippen molar-refractivity contribution in [3.8, 4) is 0 Å². The minimum Gasteiger partial charge on any atom is -0.355 e. The maximum Gasteiger partial charge on any atom is 0.263 e. The molecule has 7 heteroatoms. The normalized spacial score (nSPS) is 10.9. The smallest absolute Gasteiger partial charge is 0.263 e. The fraction of sp³-hybridized carbons (Fsp3) is 0.286. The number of amides is 1. The van der Waals surface area contributed by atoms with Gasteiger partial charge in [0.2, 0.25) is 5.91 Å². The van der Waals surface area contributed by atoms with Gasteiger partial charge in [0, 0.05) is 18.0 Å². The fourth-order valence-corrected chi connectivity index (χ4v) is 4.79. The zero-order valence-electron chi connectivity index (χ0n) is 16.0. The maximum atomic E-state index is 12.9. The Morgan fingerprint density at radius 3 is 2.79 bits per heavy atom. The van der Waals surface area contributed by atoms with Crippen molar-refractivity contribution in [1.82, 2.24) is 14.9 Å². The summed E-state index contributed by atoms with van der Waals surface area (Å²) < 4.78 is 1.59. The highest BCUT2D eigenvalue weighted by Crippen LogP contribution is 2.28. The molecule has 146 valence electrons. The first-order valence-electron chi connectivity index (χ1n) is 9.06. The van der Waals surface area contributed by atoms with Crippen molar-refractivity contribution in [2.24, 2.45) is 0 Å². The monoisotopic (exact) mass is 413 g/mol. The van der Waals surface area contributed by atoms with E-state index in [1.165, 1.54) is 28.7 Å². The van der Waals surface area contributed by atoms with Crippen molar-refractivity contribution in [2.45, 2.75) is 32.0 Å². The summed E-state index contributed by atoms with van der Waals surface area (Å²) in [6, 6.07) is 10.0. The Bertz CT molecular complexity index is 1050. The first-order valence-corrected chi connectivity index (χ1v) is 10.9. The lowest BCUT2D eigenvalue weighted by Gasteiger charge is -2.10. The molecule has 2 heterocycles. The number of nitrogens with one attached hydrogen (secondary N) is 1. The minimum atomic E-state index is -0.0706. The van der Waals surface area contributed by atoms with Crippen LogP contribution in [0.5, 0.6) is 0 Å². The molecule has 3 rings (SSSR count). The fourth-order valence-electron chi connectivity index (χ4n) is 2.88. The van der Waals surface area contributed by atoms with Gasteiger partial charge in [-0.3, -0.25) is 14.2 Å². The summed E-state index contributed by atoms with van der Waals surface area (Å²) in [6.07, 6.45) is 2.46. The molecule has 0 aliphatic heterocycles. The van der Waals surface area contributed by atoms with Crippen LogP contribution in [-0.2, 0) is 17.8 Å². The van der Waals surface area contributed by atoms with Crippen LogP contribution in [0.25, 0.3) is 10.2 Å². The molecule has 1 N–H and O–H groups in total. The number of benzene rings is 1. The first kappa shape index (κ1) is 20.4. The van der Waals surface area contributed by atoms with Gasteiger partial charge in [0.1, 0.15) is 4.83 Å². The highest BCUT2D eigenvalue weighted by Gasteiger charge is 2.17. The number of thioether (sulfide) groups is 1. The average molecular weight is 414 g/mol. The molecule has 0 radical (unpaired) electrons. The predicted molar refractivity (Wildman–Crippen MR) is 117 cm³/mol. The lowest BCUT2D eigenvalue weighted by Crippen LogP contribution is -2.28. The van der Waals surface area contributed by atoms with Gasteiger partial charge in [-0.05, 0) is 31.4 Å². The van der Waals surface area contributed by atoms with Gasteiger partial charge in [-0.2, -0.15) is 0 Å². The maximum absolute atomic E-state index is 12.9. The number of nitrogens with zero attached hydrogens (tertiary/aromatic N) is 2. The topological polar surface area (TPSA) is 64.0 Å². The molecule has 2 aromatic heterocycles. The van der Waals surface area contributed by atoms with Gasteiger partial charge in [0.25, 0.3) is 5.56 Å². The van der Waals surface area contributed by atoms with Crippen LogP contribution in [0, 0.1) is 13.8 Å². The van der Waals surface area contributed by atoms with Crippen molar-refractivity contribution in [1.29, 1.82) is 0 Å². The number of aromatic nitrogens is 2. The van der Waals surface area contributed by atoms with E-state index in [1.807, 2.05) is 44.2 Å². The molecule has 0 fully saturated rings. The minimum absolute atomic E-state index is 0.0704. The van der Waals surface area contributed by atoms with Crippen molar-refractivity contribution in [3.63, 3.8) is 0 Å². The lowest BCUT2D eigenvalue weighted by molar-refractivity contribution is -0.118. The molecule has 1 aromatic carbocycles. The van der Waals surface area contributed by atoms with Crippen molar-refractivity contribution >= 4 is 39.2 Å². The van der Waals surface area contributed by atoms with Crippen molar-refractivity contribution < 1.29 is 4.79 Å². The van der Waals surface area contributed by atoms with Gasteiger partial charge in [0.05, 0.1) is 11.1 Å². The molecule has 3 aromatic rings. The lowest BCUT2D eigenvalue weighted by atomic mass is 10.1. The summed E-state index contributed by atoms with van der Waals surface area (Å²) in [5, 5.41) is 4.15. The van der Waals surface area contributed by atoms with Crippen LogP contribution in [0.2, 0.25) is 0 Å². The number of carbonyl (C=O) groups excluding carboxylic acids is 1. The highest BCUT2D eigenvalue weighted by molar-refractivity contribution is 7.99. The van der Waals surface area contributed by atoms with E-state index in [1.54, 1.807) is 10.6 Å². The van der Waals surface area contributed by atoms with E-state index in [2.05, 4.69) is 16.9 Å². The Morgan fingerprint density at radius 1 is 1.32 bits per heavy atom. The number of hydrogen-bond acceptors (Lipinski definition) is 5. The summed E-state index contributed by atoms with van der Waals surface area (Å²) in [5.74, 6) is 0.145. The zero-order chi connectivity index (χ0) is 20.1. The second-order valence-corrected chi connectivity index (χ2v) is 8.58. The number of fused-ring (bicyclic) bond motifs is 1. The van der Waals surface area contributed by atoms with Gasteiger partial charge in [-0.1, -0.05) is 48.2 Å². The number of carbonyl (C=O) groups is 1. The van der Waals surface area contributed by atoms with E-state index in [0.717, 1.165) is 21.7 Å². The Labute approximate surface area is 172 Å². The molecule has 28 heavy (non-hydrogen) atoms. The largest absolute Gasteiger partial charge is 0.355 e. The van der Waals surface area contributed by atoms with E-state index in [0.29, 0.717) is 23.6 Å². The molecule has 0 atom stereocenters. The molecular formula is C21H23N3O2S2. The Hall–Kier alpha value is -2.38. The molecule has 5 nitrogen and oxygen atoms in total. The van der Waals surface area contributed by atoms with Gasteiger partial charge in [-0.25, -0.2) is 4.98 Å². The Balaban J connectivity index is 1.69. The molecule has 0 saturated heterocycles. The summed E-state index contributed by atoms with van der Waals surface area (Å²) in [6.45, 7) is 8.63. The summed E-state index contributed by atoms with van der Waals surface area (Å²) in [7, 11) is 0. The van der Waals surface area contributed by atoms with Crippen LogP contribution in [0.15, 0.2) is 52.9 Å². The van der Waals surface area contributed by atoms with Crippen molar-refractivity contribution in [2.75, 3.05) is 12.3 Å². The number of hydrogen-bond donors (Lipinski definition) is 1. The number of rotatable bonds is 8. The van der Waals surface area contributed by atoms with Crippen molar-refractivity contribution in [3.05, 3.63) is 69.3 Å². The standard InChI is InChI=1S/C21H23N3O2S2/c1-4-12-24-20(26)18-14(2)15(3)28-19(18)23-21(24)27-13-17(25)22-11-10-16-8-6-5-7-9-16/h4-9H,1,10-13H2,2-3H3,(H,22,25). The molecule has 0 aliphatic carbocycles. The van der Waals surface area contributed by atoms with Gasteiger partial charge in [0.15, 0.2) is 5.16 Å². The third-order valence-corrected chi connectivity index (χ3v) is 6.55. The molecule has 1 amide bonds. The van der Waals surface area contributed by atoms with E-state index in [-0.39, 0.29) is 17.2 Å². The van der Waals surface area contributed by atoms with Crippen LogP contribution in [0.4, 0.5) is 0 Å². The van der Waals surface area contributed by atoms with Crippen LogP contribution < -0.4 is 10.9 Å². The molecule has 0 bridgehead atoms. The SMILES string of the molecule is C=CCn1c(SCC(=O)NCCc2ccccc2)nc2sc(C)c(C)c2c1=O. The first-order chi connectivity index (χ1) is 13.5. The van der Waals surface area contributed by atoms with E-state index < -0.39 is 0 Å². The third kappa shape index (κ3) is 4.54. The third-order valence-electron chi connectivity index (χ3n) is 4.48. The second-order valence-electron chi connectivity index (χ2n) is 6.44. The Morgan fingerprint density at radius 2 is 2.07 bits per heavy atom. The second kappa shape index (κ2) is 9.21. The molecular weight excluding hydrogens is 390 g/mol. The molecule has 0 aliphatic rings. The van der Waals surface area contributed by atoms with E-state index in [4.69, 9.17) is 0 Å². The molecule has 0 spiro atoms. The van der Waals surface area contributed by atoms with Crippen LogP contribution in [-0.4, -0.2) is 27.8 Å². The summed E-state index contributed by atoms with van der Waals surface area (Å²) in [4.78, 5) is 31.6. The van der Waals surface area contributed by atoms with E-state index >= 15 is 0 Å². The van der Waals surface area contributed by atoms with Gasteiger partial charge < -0.3 is 5.32 Å². The Kier molecular flexibility index (Phi) is 6.70. The molecule has 0 saturated carbocycles. The van der Waals surface area contributed by atoms with E-state index in [9.17, 15) is 9.59 Å². The summed E-state index contributed by atoms with van der Waals surface area (Å²) >= 11 is 2.80. The van der Waals surface area contributed by atoms with Gasteiger partial charge in [-0.15, -0.1) is 17.9 Å². The van der Waals surface area contributed by atoms with Crippen LogP contribution in [0.1, 0.15) is 16.0 Å². The van der Waals surface area contributed by atoms with Crippen LogP contribution in [0.3, 0.4) is 0 Å². The summed E-state index contributed by atoms with van der Waals surface area (Å²) in [5.41, 5.74) is 2.09. The average Bonchev–Trinajstić information content (AvgIpc) is 2.97.